The predicted octanol–water partition coefficient (Wildman–Crippen LogP) is 5.13. The van der Waals surface area contributed by atoms with Crippen molar-refractivity contribution in [3.8, 4) is 5.75 Å². The van der Waals surface area contributed by atoms with E-state index in [1.54, 1.807) is 4.90 Å². The summed E-state index contributed by atoms with van der Waals surface area (Å²) in [6.45, 7) is 6.39. The van der Waals surface area contributed by atoms with E-state index < -0.39 is 0 Å². The maximum absolute atomic E-state index is 12.5. The first-order chi connectivity index (χ1) is 11.5. The molecule has 24 heavy (non-hydrogen) atoms. The Morgan fingerprint density at radius 1 is 1.21 bits per heavy atom. The van der Waals surface area contributed by atoms with Crippen LogP contribution in [0.4, 0.5) is 5.69 Å². The van der Waals surface area contributed by atoms with E-state index in [0.29, 0.717) is 11.6 Å². The second kappa shape index (κ2) is 6.77. The Bertz CT molecular complexity index is 792. The number of halogens is 2. The van der Waals surface area contributed by atoms with Crippen LogP contribution in [0.15, 0.2) is 30.3 Å². The molecule has 5 heteroatoms. The van der Waals surface area contributed by atoms with Gasteiger partial charge in [-0.3, -0.25) is 4.79 Å². The number of benzene rings is 2. The molecular weight excluding hydrogens is 390 g/mol. The number of amides is 1. The number of alkyl halides is 1. The lowest BCUT2D eigenvalue weighted by molar-refractivity contribution is -0.116. The topological polar surface area (TPSA) is 29.5 Å². The molecule has 1 unspecified atom stereocenters. The Hall–Kier alpha value is -1.52. The van der Waals surface area contributed by atoms with E-state index in [0.717, 1.165) is 33.7 Å². The third kappa shape index (κ3) is 2.82. The van der Waals surface area contributed by atoms with Gasteiger partial charge in [-0.25, -0.2) is 0 Å². The molecule has 126 valence electrons. The van der Waals surface area contributed by atoms with Gasteiger partial charge in [0.15, 0.2) is 0 Å². The highest BCUT2D eigenvalue weighted by molar-refractivity contribution is 9.09. The van der Waals surface area contributed by atoms with Crippen molar-refractivity contribution in [2.45, 2.75) is 26.9 Å². The van der Waals surface area contributed by atoms with Gasteiger partial charge in [0, 0.05) is 5.02 Å². The fourth-order valence-corrected chi connectivity index (χ4v) is 3.65. The van der Waals surface area contributed by atoms with Crippen LogP contribution in [-0.2, 0) is 4.79 Å². The molecule has 2 aromatic carbocycles. The summed E-state index contributed by atoms with van der Waals surface area (Å²) in [5, 5.41) is 0.957. The molecule has 2 aromatic rings. The first kappa shape index (κ1) is 17.3. The van der Waals surface area contributed by atoms with E-state index in [-0.39, 0.29) is 17.3 Å². The molecule has 0 radical (unpaired) electrons. The van der Waals surface area contributed by atoms with E-state index >= 15 is 0 Å². The van der Waals surface area contributed by atoms with E-state index in [1.807, 2.05) is 51.1 Å². The largest absolute Gasteiger partial charge is 0.481 e. The van der Waals surface area contributed by atoms with Gasteiger partial charge in [0.2, 0.25) is 5.91 Å². The third-order valence-electron chi connectivity index (χ3n) is 4.60. The molecule has 0 fully saturated rings. The predicted molar refractivity (Wildman–Crippen MR) is 102 cm³/mol. The number of carbonyl (C=O) groups excluding carboxylic acids is 1. The molecule has 1 amide bonds. The Kier molecular flexibility index (Phi) is 4.88. The number of hydrogen-bond acceptors (Lipinski definition) is 2. The van der Waals surface area contributed by atoms with Crippen LogP contribution >= 0.6 is 27.5 Å². The summed E-state index contributed by atoms with van der Waals surface area (Å²) >= 11 is 9.77. The summed E-state index contributed by atoms with van der Waals surface area (Å²) < 4.78 is 6.32. The van der Waals surface area contributed by atoms with Crippen molar-refractivity contribution < 1.29 is 9.53 Å². The van der Waals surface area contributed by atoms with Crippen LogP contribution in [-0.4, -0.2) is 17.8 Å². The first-order valence-corrected chi connectivity index (χ1v) is 9.32. The van der Waals surface area contributed by atoms with Gasteiger partial charge >= 0.3 is 0 Å². The highest BCUT2D eigenvalue weighted by Crippen LogP contribution is 2.47. The molecule has 0 aromatic heterocycles. The molecule has 1 aliphatic heterocycles. The molecule has 0 saturated heterocycles. The molecule has 3 rings (SSSR count). The van der Waals surface area contributed by atoms with Crippen molar-refractivity contribution in [1.29, 1.82) is 0 Å². The maximum atomic E-state index is 12.5. The minimum Gasteiger partial charge on any atom is -0.481 e. The number of nitrogens with zero attached hydrogens (tertiary/aromatic N) is 1. The minimum absolute atomic E-state index is 0.00269. The quantitative estimate of drug-likeness (QED) is 0.645. The Morgan fingerprint density at radius 2 is 1.88 bits per heavy atom. The van der Waals surface area contributed by atoms with Gasteiger partial charge in [-0.15, -0.1) is 0 Å². The van der Waals surface area contributed by atoms with Gasteiger partial charge in [-0.2, -0.15) is 0 Å². The zero-order valence-electron chi connectivity index (χ0n) is 13.9. The van der Waals surface area contributed by atoms with Crippen molar-refractivity contribution in [3.05, 3.63) is 57.6 Å². The highest BCUT2D eigenvalue weighted by atomic mass is 79.9. The molecule has 0 N–H and O–H groups in total. The van der Waals surface area contributed by atoms with Gasteiger partial charge < -0.3 is 9.64 Å². The average molecular weight is 409 g/mol. The summed E-state index contributed by atoms with van der Waals surface area (Å²) in [5.41, 5.74) is 4.71. The van der Waals surface area contributed by atoms with Crippen molar-refractivity contribution >= 4 is 39.1 Å². The lowest BCUT2D eigenvalue weighted by atomic mass is 9.98. The fourth-order valence-electron chi connectivity index (χ4n) is 3.11. The fraction of sp³-hybridized carbons (Fsp3) is 0.316. The van der Waals surface area contributed by atoms with E-state index in [4.69, 9.17) is 16.3 Å². The van der Waals surface area contributed by atoms with Gasteiger partial charge in [0.1, 0.15) is 11.9 Å². The monoisotopic (exact) mass is 407 g/mol. The van der Waals surface area contributed by atoms with Crippen molar-refractivity contribution in [1.82, 2.24) is 0 Å². The van der Waals surface area contributed by atoms with Gasteiger partial charge in [-0.05, 0) is 43.0 Å². The second-order valence-electron chi connectivity index (χ2n) is 6.02. The maximum Gasteiger partial charge on any atom is 0.237 e. The molecule has 0 saturated carbocycles. The first-order valence-electron chi connectivity index (χ1n) is 7.82. The highest BCUT2D eigenvalue weighted by Gasteiger charge is 2.34. The standard InChI is InChI=1S/C19H19BrClNO2/c1-11-12(2)19-18(13(3)17(11)21)22(16(23)9-20)10-15(24-19)14-7-5-4-6-8-14/h4-8,15H,9-10H2,1-3H3. The van der Waals surface area contributed by atoms with Crippen LogP contribution in [0.5, 0.6) is 5.75 Å². The van der Waals surface area contributed by atoms with E-state index in [2.05, 4.69) is 15.9 Å². The van der Waals surface area contributed by atoms with Crippen molar-refractivity contribution in [2.75, 3.05) is 16.8 Å². The lowest BCUT2D eigenvalue weighted by Gasteiger charge is -2.37. The van der Waals surface area contributed by atoms with Crippen molar-refractivity contribution in [3.63, 3.8) is 0 Å². The molecule has 0 bridgehead atoms. The van der Waals surface area contributed by atoms with Gasteiger partial charge in [0.25, 0.3) is 0 Å². The van der Waals surface area contributed by atoms with Crippen molar-refractivity contribution in [2.24, 2.45) is 0 Å². The lowest BCUT2D eigenvalue weighted by Crippen LogP contribution is -2.41. The summed E-state index contributed by atoms with van der Waals surface area (Å²) in [6, 6.07) is 9.99. The van der Waals surface area contributed by atoms with E-state index in [9.17, 15) is 4.79 Å². The smallest absolute Gasteiger partial charge is 0.237 e. The molecule has 0 spiro atoms. The minimum atomic E-state index is -0.194. The number of rotatable bonds is 2. The van der Waals surface area contributed by atoms with Gasteiger partial charge in [0.05, 0.1) is 17.6 Å². The van der Waals surface area contributed by atoms with Crippen LogP contribution in [0.1, 0.15) is 28.4 Å². The molecule has 1 heterocycles. The number of fused-ring (bicyclic) bond motifs is 1. The zero-order chi connectivity index (χ0) is 17.4. The Morgan fingerprint density at radius 3 is 2.50 bits per heavy atom. The zero-order valence-corrected chi connectivity index (χ0v) is 16.2. The summed E-state index contributed by atoms with van der Waals surface area (Å²) in [7, 11) is 0. The van der Waals surface area contributed by atoms with Crippen LogP contribution in [0.3, 0.4) is 0 Å². The molecule has 0 aliphatic carbocycles. The third-order valence-corrected chi connectivity index (χ3v) is 5.64. The molecule has 1 atom stereocenters. The normalized spacial score (nSPS) is 16.5. The second-order valence-corrected chi connectivity index (χ2v) is 6.96. The number of carbonyl (C=O) groups is 1. The summed E-state index contributed by atoms with van der Waals surface area (Å²) in [5.74, 6) is 0.756. The average Bonchev–Trinajstić information content (AvgIpc) is 2.63. The Balaban J connectivity index is 2.18. The number of hydrogen-bond donors (Lipinski definition) is 0. The number of anilines is 1. The molecule has 1 aliphatic rings. The van der Waals surface area contributed by atoms with Gasteiger partial charge in [-0.1, -0.05) is 57.9 Å². The number of ether oxygens (including phenoxy) is 1. The summed E-state index contributed by atoms with van der Waals surface area (Å²) in [6.07, 6.45) is -0.194. The van der Waals surface area contributed by atoms with Crippen LogP contribution < -0.4 is 9.64 Å². The Labute approximate surface area is 155 Å². The van der Waals surface area contributed by atoms with Crippen LogP contribution in [0.2, 0.25) is 5.02 Å². The SMILES string of the molecule is Cc1c(C)c2c(c(C)c1Cl)N(C(=O)CBr)CC(c1ccccc1)O2. The molecular formula is C19H19BrClNO2. The van der Waals surface area contributed by atoms with Crippen LogP contribution in [0.25, 0.3) is 0 Å². The van der Waals surface area contributed by atoms with Crippen LogP contribution in [0, 0.1) is 20.8 Å². The van der Waals surface area contributed by atoms with E-state index in [1.165, 1.54) is 0 Å². The summed E-state index contributed by atoms with van der Waals surface area (Å²) in [4.78, 5) is 14.3. The molecule has 3 nitrogen and oxygen atoms in total.